The van der Waals surface area contributed by atoms with Crippen molar-refractivity contribution in [2.75, 3.05) is 40.3 Å². The first-order valence-electron chi connectivity index (χ1n) is 7.87. The number of nitrogens with zero attached hydrogens (tertiary/aromatic N) is 2. The van der Waals surface area contributed by atoms with Gasteiger partial charge in [0.15, 0.2) is 0 Å². The molecule has 3 atom stereocenters. The molecule has 1 aliphatic heterocycles. The van der Waals surface area contributed by atoms with Gasteiger partial charge in [0.1, 0.15) is 0 Å². The average Bonchev–Trinajstić information content (AvgIpc) is 2.39. The highest BCUT2D eigenvalue weighted by Crippen LogP contribution is 2.30. The largest absolute Gasteiger partial charge is 0.353 e. The number of nitrogens with two attached hydrogens (primary N) is 1. The van der Waals surface area contributed by atoms with E-state index in [1.165, 1.54) is 6.42 Å². The Bertz CT molecular complexity index is 349. The fourth-order valence-corrected chi connectivity index (χ4v) is 3.51. The number of likely N-dealkylation sites (N-methyl/N-ethyl adjacent to an activating group) is 2. The molecular formula is C15H30N4O. The molecule has 1 saturated carbocycles. The van der Waals surface area contributed by atoms with Gasteiger partial charge >= 0.3 is 0 Å². The van der Waals surface area contributed by atoms with Crippen molar-refractivity contribution in [3.05, 3.63) is 0 Å². The van der Waals surface area contributed by atoms with Crippen molar-refractivity contribution < 1.29 is 4.79 Å². The average molecular weight is 282 g/mol. The van der Waals surface area contributed by atoms with Crippen LogP contribution in [0.3, 0.4) is 0 Å². The quantitative estimate of drug-likeness (QED) is 0.779. The Hall–Kier alpha value is -0.650. The zero-order valence-electron chi connectivity index (χ0n) is 13.2. The van der Waals surface area contributed by atoms with Gasteiger partial charge in [0.05, 0.1) is 5.54 Å². The molecule has 5 nitrogen and oxygen atoms in total. The van der Waals surface area contributed by atoms with Gasteiger partial charge in [-0.25, -0.2) is 0 Å². The van der Waals surface area contributed by atoms with Crippen LogP contribution in [0.1, 0.15) is 32.6 Å². The maximum Gasteiger partial charge on any atom is 0.240 e. The number of amides is 1. The highest BCUT2D eigenvalue weighted by Gasteiger charge is 2.38. The molecule has 2 aliphatic rings. The lowest BCUT2D eigenvalue weighted by molar-refractivity contribution is -0.128. The molecule has 116 valence electrons. The van der Waals surface area contributed by atoms with E-state index >= 15 is 0 Å². The van der Waals surface area contributed by atoms with Gasteiger partial charge in [0.2, 0.25) is 5.91 Å². The van der Waals surface area contributed by atoms with E-state index in [4.69, 9.17) is 5.73 Å². The number of hydrogen-bond donors (Lipinski definition) is 2. The van der Waals surface area contributed by atoms with Crippen LogP contribution in [0.5, 0.6) is 0 Å². The minimum atomic E-state index is -0.642. The molecule has 3 unspecified atom stereocenters. The Kier molecular flexibility index (Phi) is 5.04. The zero-order valence-corrected chi connectivity index (χ0v) is 13.2. The number of rotatable bonds is 3. The predicted octanol–water partition coefficient (Wildman–Crippen LogP) is 0.256. The summed E-state index contributed by atoms with van der Waals surface area (Å²) in [6.45, 7) is 6.05. The van der Waals surface area contributed by atoms with Gasteiger partial charge in [-0.3, -0.25) is 9.69 Å². The third-order valence-electron chi connectivity index (χ3n) is 4.96. The number of nitrogens with one attached hydrogen (secondary N) is 1. The Morgan fingerprint density at radius 1 is 1.40 bits per heavy atom. The van der Waals surface area contributed by atoms with E-state index < -0.39 is 5.54 Å². The molecule has 1 aliphatic carbocycles. The minimum absolute atomic E-state index is 0.0469. The molecule has 0 radical (unpaired) electrons. The first-order chi connectivity index (χ1) is 9.40. The Morgan fingerprint density at radius 3 is 2.85 bits per heavy atom. The van der Waals surface area contributed by atoms with Crippen LogP contribution in [0.4, 0.5) is 0 Å². The van der Waals surface area contributed by atoms with Crippen LogP contribution in [0.2, 0.25) is 0 Å². The molecule has 0 aromatic heterocycles. The summed E-state index contributed by atoms with van der Waals surface area (Å²) < 4.78 is 0. The summed E-state index contributed by atoms with van der Waals surface area (Å²) in [6, 6.07) is 0.391. The number of piperazine rings is 1. The third kappa shape index (κ3) is 3.71. The van der Waals surface area contributed by atoms with Crippen molar-refractivity contribution in [2.45, 2.75) is 44.2 Å². The van der Waals surface area contributed by atoms with Crippen LogP contribution in [0, 0.1) is 5.92 Å². The first-order valence-corrected chi connectivity index (χ1v) is 7.87. The van der Waals surface area contributed by atoms with Crippen LogP contribution in [0.25, 0.3) is 0 Å². The van der Waals surface area contributed by atoms with Crippen molar-refractivity contribution in [1.82, 2.24) is 15.1 Å². The summed E-state index contributed by atoms with van der Waals surface area (Å²) in [5, 5.41) is 3.10. The molecule has 5 heteroatoms. The Morgan fingerprint density at radius 2 is 2.15 bits per heavy atom. The van der Waals surface area contributed by atoms with Crippen LogP contribution >= 0.6 is 0 Å². The van der Waals surface area contributed by atoms with Crippen molar-refractivity contribution in [1.29, 1.82) is 0 Å². The van der Waals surface area contributed by atoms with Crippen molar-refractivity contribution in [3.63, 3.8) is 0 Å². The van der Waals surface area contributed by atoms with Gasteiger partial charge in [-0.05, 0) is 32.9 Å². The lowest BCUT2D eigenvalue weighted by atomic mass is 9.76. The molecular weight excluding hydrogens is 252 g/mol. The van der Waals surface area contributed by atoms with E-state index in [1.807, 2.05) is 0 Å². The van der Waals surface area contributed by atoms with Gasteiger partial charge in [0, 0.05) is 32.2 Å². The van der Waals surface area contributed by atoms with E-state index in [0.717, 1.165) is 38.9 Å². The summed E-state index contributed by atoms with van der Waals surface area (Å²) >= 11 is 0. The molecule has 2 rings (SSSR count). The van der Waals surface area contributed by atoms with Gasteiger partial charge in [0.25, 0.3) is 0 Å². The summed E-state index contributed by atoms with van der Waals surface area (Å²) in [6.07, 6.45) is 3.91. The van der Waals surface area contributed by atoms with E-state index in [2.05, 4.69) is 36.1 Å². The normalized spacial score (nSPS) is 36.8. The Balaban J connectivity index is 1.85. The molecule has 1 heterocycles. The zero-order chi connectivity index (χ0) is 14.8. The molecule has 3 N–H and O–H groups in total. The second-order valence-corrected chi connectivity index (χ2v) is 6.96. The fraction of sp³-hybridized carbons (Fsp3) is 0.933. The standard InChI is InChI=1S/C15H30N4O/c1-12-5-4-6-15(16,9-12)14(20)17-10-13-11-18(2)7-8-19(13)3/h12-13H,4-11,16H2,1-3H3,(H,17,20). The fourth-order valence-electron chi connectivity index (χ4n) is 3.51. The summed E-state index contributed by atoms with van der Waals surface area (Å²) in [7, 11) is 4.26. The molecule has 20 heavy (non-hydrogen) atoms. The number of carbonyl (C=O) groups is 1. The van der Waals surface area contributed by atoms with Crippen LogP contribution in [-0.2, 0) is 4.79 Å². The minimum Gasteiger partial charge on any atom is -0.353 e. The van der Waals surface area contributed by atoms with Gasteiger partial charge in [-0.15, -0.1) is 0 Å². The maximum absolute atomic E-state index is 12.4. The lowest BCUT2D eigenvalue weighted by Gasteiger charge is -2.39. The molecule has 1 saturated heterocycles. The second kappa shape index (κ2) is 6.41. The molecule has 0 aromatic carbocycles. The molecule has 2 fully saturated rings. The first kappa shape index (κ1) is 15.7. The summed E-state index contributed by atoms with van der Waals surface area (Å²) in [5.41, 5.74) is 5.69. The van der Waals surface area contributed by atoms with Crippen LogP contribution in [0.15, 0.2) is 0 Å². The topological polar surface area (TPSA) is 61.6 Å². The van der Waals surface area contributed by atoms with E-state index in [9.17, 15) is 4.79 Å². The van der Waals surface area contributed by atoms with Crippen molar-refractivity contribution in [2.24, 2.45) is 11.7 Å². The molecule has 0 spiro atoms. The second-order valence-electron chi connectivity index (χ2n) is 6.96. The number of hydrogen-bond acceptors (Lipinski definition) is 4. The number of carbonyl (C=O) groups excluding carboxylic acids is 1. The Labute approximate surface area is 122 Å². The maximum atomic E-state index is 12.4. The smallest absolute Gasteiger partial charge is 0.240 e. The highest BCUT2D eigenvalue weighted by atomic mass is 16.2. The van der Waals surface area contributed by atoms with Crippen LogP contribution in [-0.4, -0.2) is 67.6 Å². The monoisotopic (exact) mass is 282 g/mol. The molecule has 1 amide bonds. The van der Waals surface area contributed by atoms with Crippen molar-refractivity contribution >= 4 is 5.91 Å². The summed E-state index contributed by atoms with van der Waals surface area (Å²) in [5.74, 6) is 0.605. The highest BCUT2D eigenvalue weighted by molar-refractivity contribution is 5.86. The lowest BCUT2D eigenvalue weighted by Crippen LogP contribution is -2.60. The summed E-state index contributed by atoms with van der Waals surface area (Å²) in [4.78, 5) is 17.1. The van der Waals surface area contributed by atoms with E-state index in [1.54, 1.807) is 0 Å². The SMILES string of the molecule is CC1CCCC(N)(C(=O)NCC2CN(C)CCN2C)C1. The molecule has 0 bridgehead atoms. The van der Waals surface area contributed by atoms with Crippen LogP contribution < -0.4 is 11.1 Å². The molecule has 0 aromatic rings. The van der Waals surface area contributed by atoms with E-state index in [0.29, 0.717) is 18.5 Å². The third-order valence-corrected chi connectivity index (χ3v) is 4.96. The van der Waals surface area contributed by atoms with E-state index in [-0.39, 0.29) is 5.91 Å². The predicted molar refractivity (Wildman–Crippen MR) is 81.5 cm³/mol. The van der Waals surface area contributed by atoms with Gasteiger partial charge in [-0.2, -0.15) is 0 Å². The van der Waals surface area contributed by atoms with Crippen molar-refractivity contribution in [3.8, 4) is 0 Å². The van der Waals surface area contributed by atoms with Gasteiger partial charge < -0.3 is 16.0 Å². The van der Waals surface area contributed by atoms with Gasteiger partial charge in [-0.1, -0.05) is 19.8 Å².